The molecular formula is C25H35N3O4S. The highest BCUT2D eigenvalue weighted by molar-refractivity contribution is 7.92. The third-order valence-electron chi connectivity index (χ3n) is 5.37. The van der Waals surface area contributed by atoms with Crippen molar-refractivity contribution in [3.63, 3.8) is 0 Å². The lowest BCUT2D eigenvalue weighted by molar-refractivity contribution is -0.141. The molecule has 0 spiro atoms. The van der Waals surface area contributed by atoms with Gasteiger partial charge in [-0.1, -0.05) is 49.4 Å². The maximum Gasteiger partial charge on any atom is 0.242 e. The lowest BCUT2D eigenvalue weighted by Gasteiger charge is -2.31. The number of sulfonamides is 1. The molecule has 2 aromatic rings. The quantitative estimate of drug-likeness (QED) is 0.511. The molecule has 2 aromatic carbocycles. The van der Waals surface area contributed by atoms with Crippen LogP contribution in [0, 0.1) is 6.92 Å². The number of nitrogens with one attached hydrogen (secondary N) is 1. The average molecular weight is 474 g/mol. The van der Waals surface area contributed by atoms with Gasteiger partial charge in [-0.2, -0.15) is 0 Å². The van der Waals surface area contributed by atoms with Crippen molar-refractivity contribution in [1.29, 1.82) is 0 Å². The van der Waals surface area contributed by atoms with E-state index in [2.05, 4.69) is 5.32 Å². The number of aryl methyl sites for hydroxylation is 1. The van der Waals surface area contributed by atoms with Crippen LogP contribution in [0.4, 0.5) is 5.69 Å². The lowest BCUT2D eigenvalue weighted by atomic mass is 10.1. The predicted octanol–water partition coefficient (Wildman–Crippen LogP) is 3.48. The highest BCUT2D eigenvalue weighted by Crippen LogP contribution is 2.20. The van der Waals surface area contributed by atoms with Crippen molar-refractivity contribution in [2.75, 3.05) is 23.7 Å². The van der Waals surface area contributed by atoms with Crippen LogP contribution in [-0.4, -0.2) is 50.5 Å². The van der Waals surface area contributed by atoms with Gasteiger partial charge >= 0.3 is 0 Å². The molecule has 0 aliphatic rings. The second kappa shape index (κ2) is 12.4. The number of carbonyl (C=O) groups excluding carboxylic acids is 2. The fraction of sp³-hybridized carbons (Fsp3) is 0.440. The molecule has 0 aromatic heterocycles. The van der Waals surface area contributed by atoms with E-state index in [1.165, 1.54) is 10.6 Å². The zero-order valence-corrected chi connectivity index (χ0v) is 20.8. The molecule has 180 valence electrons. The van der Waals surface area contributed by atoms with E-state index in [1.54, 1.807) is 11.0 Å². The Kier molecular flexibility index (Phi) is 9.91. The molecule has 0 fully saturated rings. The summed E-state index contributed by atoms with van der Waals surface area (Å²) in [5.41, 5.74) is 2.48. The van der Waals surface area contributed by atoms with Gasteiger partial charge in [0.15, 0.2) is 0 Å². The van der Waals surface area contributed by atoms with E-state index in [4.69, 9.17) is 0 Å². The van der Waals surface area contributed by atoms with Crippen LogP contribution in [0.25, 0.3) is 0 Å². The normalized spacial score (nSPS) is 12.1. The molecule has 2 amide bonds. The number of nitrogens with zero attached hydrogens (tertiary/aromatic N) is 2. The maximum absolute atomic E-state index is 13.3. The van der Waals surface area contributed by atoms with E-state index in [1.807, 2.05) is 69.3 Å². The van der Waals surface area contributed by atoms with Crippen LogP contribution in [0.3, 0.4) is 0 Å². The first-order chi connectivity index (χ1) is 15.7. The molecule has 0 bridgehead atoms. The van der Waals surface area contributed by atoms with Crippen molar-refractivity contribution in [3.05, 3.63) is 65.7 Å². The third kappa shape index (κ3) is 7.89. The highest BCUT2D eigenvalue weighted by Gasteiger charge is 2.28. The van der Waals surface area contributed by atoms with Gasteiger partial charge in [0.1, 0.15) is 6.04 Å². The molecule has 0 aliphatic heterocycles. The SMILES string of the molecule is CCNC(=O)[C@@H](CC)N(Cc1ccccc1)C(=O)CCCN(c1cccc(C)c1)S(C)(=O)=O. The first kappa shape index (κ1) is 26.4. The monoisotopic (exact) mass is 473 g/mol. The van der Waals surface area contributed by atoms with E-state index in [9.17, 15) is 18.0 Å². The molecule has 0 aliphatic carbocycles. The molecule has 0 saturated carbocycles. The molecule has 0 saturated heterocycles. The van der Waals surface area contributed by atoms with E-state index < -0.39 is 16.1 Å². The number of benzene rings is 2. The Balaban J connectivity index is 2.17. The summed E-state index contributed by atoms with van der Waals surface area (Å²) in [5.74, 6) is -0.351. The van der Waals surface area contributed by atoms with Crippen molar-refractivity contribution in [2.45, 2.75) is 52.6 Å². The van der Waals surface area contributed by atoms with Gasteiger partial charge in [-0.05, 0) is 49.9 Å². The largest absolute Gasteiger partial charge is 0.355 e. The minimum absolute atomic E-state index is 0.139. The first-order valence-corrected chi connectivity index (χ1v) is 13.2. The number of carbonyl (C=O) groups is 2. The Bertz CT molecular complexity index is 1020. The Morgan fingerprint density at radius 3 is 2.30 bits per heavy atom. The molecule has 0 unspecified atom stereocenters. The number of anilines is 1. The van der Waals surface area contributed by atoms with E-state index in [0.29, 0.717) is 31.6 Å². The van der Waals surface area contributed by atoms with Crippen molar-refractivity contribution in [1.82, 2.24) is 10.2 Å². The van der Waals surface area contributed by atoms with Gasteiger partial charge in [0.2, 0.25) is 21.8 Å². The number of amides is 2. The molecule has 0 heterocycles. The van der Waals surface area contributed by atoms with Crippen molar-refractivity contribution >= 4 is 27.5 Å². The van der Waals surface area contributed by atoms with Gasteiger partial charge in [0.25, 0.3) is 0 Å². The third-order valence-corrected chi connectivity index (χ3v) is 6.57. The molecule has 8 heteroatoms. The van der Waals surface area contributed by atoms with E-state index in [-0.39, 0.29) is 24.8 Å². The fourth-order valence-corrected chi connectivity index (χ4v) is 4.74. The lowest BCUT2D eigenvalue weighted by Crippen LogP contribution is -2.49. The zero-order valence-electron chi connectivity index (χ0n) is 20.0. The average Bonchev–Trinajstić information content (AvgIpc) is 2.76. The summed E-state index contributed by atoms with van der Waals surface area (Å²) < 4.78 is 26.1. The topological polar surface area (TPSA) is 86.8 Å². The van der Waals surface area contributed by atoms with E-state index >= 15 is 0 Å². The summed E-state index contributed by atoms with van der Waals surface area (Å²) in [6, 6.07) is 16.2. The number of hydrogen-bond acceptors (Lipinski definition) is 4. The van der Waals surface area contributed by atoms with Crippen LogP contribution in [0.2, 0.25) is 0 Å². The summed E-state index contributed by atoms with van der Waals surface area (Å²) in [4.78, 5) is 27.5. The van der Waals surface area contributed by atoms with Crippen molar-refractivity contribution < 1.29 is 18.0 Å². The Labute approximate surface area is 197 Å². The summed E-state index contributed by atoms with van der Waals surface area (Å²) in [5, 5.41) is 2.82. The van der Waals surface area contributed by atoms with Gasteiger partial charge in [0, 0.05) is 26.1 Å². The van der Waals surface area contributed by atoms with E-state index in [0.717, 1.165) is 11.1 Å². The minimum Gasteiger partial charge on any atom is -0.355 e. The summed E-state index contributed by atoms with van der Waals surface area (Å²) in [7, 11) is -3.50. The maximum atomic E-state index is 13.3. The zero-order chi connectivity index (χ0) is 24.4. The smallest absolute Gasteiger partial charge is 0.242 e. The summed E-state index contributed by atoms with van der Waals surface area (Å²) >= 11 is 0. The molecule has 7 nitrogen and oxygen atoms in total. The molecule has 2 rings (SSSR count). The molecule has 33 heavy (non-hydrogen) atoms. The van der Waals surface area contributed by atoms with Crippen LogP contribution in [0.5, 0.6) is 0 Å². The Hall–Kier alpha value is -2.87. The van der Waals surface area contributed by atoms with Crippen LogP contribution in [0.1, 0.15) is 44.2 Å². The van der Waals surface area contributed by atoms with Crippen LogP contribution >= 0.6 is 0 Å². The van der Waals surface area contributed by atoms with Gasteiger partial charge < -0.3 is 10.2 Å². The van der Waals surface area contributed by atoms with Gasteiger partial charge in [-0.25, -0.2) is 8.42 Å². The standard InChI is InChI=1S/C25H35N3O4S/c1-5-23(25(30)26-6-2)27(19-21-13-8-7-9-14-21)24(29)16-11-17-28(33(4,31)32)22-15-10-12-20(3)18-22/h7-10,12-15,18,23H,5-6,11,16-17,19H2,1-4H3,(H,26,30)/t23-/m1/s1. The second-order valence-electron chi connectivity index (χ2n) is 8.10. The van der Waals surface area contributed by atoms with Gasteiger partial charge in [-0.15, -0.1) is 0 Å². The minimum atomic E-state index is -3.50. The predicted molar refractivity (Wildman–Crippen MR) is 132 cm³/mol. The number of rotatable bonds is 12. The molecular weight excluding hydrogens is 438 g/mol. The fourth-order valence-electron chi connectivity index (χ4n) is 3.78. The Morgan fingerprint density at radius 2 is 1.73 bits per heavy atom. The van der Waals surface area contributed by atoms with Crippen LogP contribution in [-0.2, 0) is 26.2 Å². The van der Waals surface area contributed by atoms with Crippen LogP contribution in [0.15, 0.2) is 54.6 Å². The second-order valence-corrected chi connectivity index (χ2v) is 10.0. The first-order valence-electron chi connectivity index (χ1n) is 11.3. The Morgan fingerprint density at radius 1 is 1.03 bits per heavy atom. The molecule has 1 atom stereocenters. The molecule has 0 radical (unpaired) electrons. The van der Waals surface area contributed by atoms with Crippen molar-refractivity contribution in [3.8, 4) is 0 Å². The summed E-state index contributed by atoms with van der Waals surface area (Å²) in [6.07, 6.45) is 2.14. The van der Waals surface area contributed by atoms with Crippen molar-refractivity contribution in [2.24, 2.45) is 0 Å². The number of hydrogen-bond donors (Lipinski definition) is 1. The van der Waals surface area contributed by atoms with Gasteiger partial charge in [0.05, 0.1) is 11.9 Å². The highest BCUT2D eigenvalue weighted by atomic mass is 32.2. The summed E-state index contributed by atoms with van der Waals surface area (Å²) in [6.45, 7) is 6.63. The number of likely N-dealkylation sites (N-methyl/N-ethyl adjacent to an activating group) is 1. The van der Waals surface area contributed by atoms with Crippen LogP contribution < -0.4 is 9.62 Å². The van der Waals surface area contributed by atoms with Gasteiger partial charge in [-0.3, -0.25) is 13.9 Å². The molecule has 1 N–H and O–H groups in total.